The Kier molecular flexibility index (Phi) is 4.82. The molecule has 1 atom stereocenters. The second-order valence-corrected chi connectivity index (χ2v) is 5.48. The van der Waals surface area contributed by atoms with Gasteiger partial charge in [-0.3, -0.25) is 4.79 Å². The molecule has 1 unspecified atom stereocenters. The molecule has 5 heteroatoms. The average molecular weight is 324 g/mol. The number of fused-ring (bicyclic) bond motifs is 1. The van der Waals surface area contributed by atoms with Crippen molar-refractivity contribution >= 4 is 16.8 Å². The lowest BCUT2D eigenvalue weighted by Gasteiger charge is -2.17. The van der Waals surface area contributed by atoms with E-state index in [1.165, 1.54) is 0 Å². The largest absolute Gasteiger partial charge is 0.497 e. The highest BCUT2D eigenvalue weighted by Gasteiger charge is 2.15. The van der Waals surface area contributed by atoms with Gasteiger partial charge in [-0.1, -0.05) is 30.3 Å². The van der Waals surface area contributed by atoms with Gasteiger partial charge in [-0.15, -0.1) is 0 Å². The monoisotopic (exact) mass is 324 g/mol. The van der Waals surface area contributed by atoms with E-state index in [1.807, 2.05) is 54.6 Å². The Morgan fingerprint density at radius 3 is 2.71 bits per heavy atom. The number of hydrogen-bond acceptors (Lipinski definition) is 3. The van der Waals surface area contributed by atoms with E-state index in [9.17, 15) is 4.79 Å². The van der Waals surface area contributed by atoms with Crippen LogP contribution in [-0.2, 0) is 4.74 Å². The molecule has 0 saturated heterocycles. The van der Waals surface area contributed by atoms with Gasteiger partial charge in [0.25, 0.3) is 5.91 Å². The zero-order valence-corrected chi connectivity index (χ0v) is 13.7. The molecule has 1 aromatic heterocycles. The average Bonchev–Trinajstić information content (AvgIpc) is 3.06. The Morgan fingerprint density at radius 1 is 1.12 bits per heavy atom. The van der Waals surface area contributed by atoms with E-state index in [2.05, 4.69) is 10.3 Å². The molecular formula is C19H20N2O3. The van der Waals surface area contributed by atoms with Gasteiger partial charge in [0.05, 0.1) is 13.2 Å². The highest BCUT2D eigenvalue weighted by molar-refractivity contribution is 5.97. The van der Waals surface area contributed by atoms with Crippen LogP contribution >= 0.6 is 0 Å². The first-order chi connectivity index (χ1) is 11.7. The molecule has 0 fully saturated rings. The van der Waals surface area contributed by atoms with Gasteiger partial charge in [0.2, 0.25) is 0 Å². The van der Waals surface area contributed by atoms with Crippen molar-refractivity contribution in [1.29, 1.82) is 0 Å². The molecule has 0 bridgehead atoms. The van der Waals surface area contributed by atoms with Crippen molar-refractivity contribution in [3.8, 4) is 5.75 Å². The van der Waals surface area contributed by atoms with E-state index < -0.39 is 0 Å². The maximum Gasteiger partial charge on any atom is 0.267 e. The number of amides is 1. The number of aromatic amines is 1. The number of carbonyl (C=O) groups excluding carboxylic acids is 1. The number of ether oxygens (including phenoxy) is 2. The number of para-hydroxylation sites is 1. The number of nitrogens with one attached hydrogen (secondary N) is 2. The van der Waals surface area contributed by atoms with Gasteiger partial charge in [0, 0.05) is 24.6 Å². The van der Waals surface area contributed by atoms with E-state index in [1.54, 1.807) is 14.2 Å². The number of H-pyrrole nitrogens is 1. The molecule has 5 nitrogen and oxygen atoms in total. The molecule has 3 aromatic rings. The normalized spacial score (nSPS) is 12.1. The Balaban J connectivity index is 1.69. The van der Waals surface area contributed by atoms with Crippen LogP contribution in [0.15, 0.2) is 54.6 Å². The summed E-state index contributed by atoms with van der Waals surface area (Å²) in [4.78, 5) is 15.5. The maximum atomic E-state index is 12.4. The summed E-state index contributed by atoms with van der Waals surface area (Å²) in [6.45, 7) is 0.373. The van der Waals surface area contributed by atoms with Crippen LogP contribution in [0.2, 0.25) is 0 Å². The summed E-state index contributed by atoms with van der Waals surface area (Å²) in [5, 5.41) is 3.92. The molecule has 0 aliphatic carbocycles. The molecule has 1 heterocycles. The van der Waals surface area contributed by atoms with Crippen LogP contribution in [0.25, 0.3) is 10.9 Å². The molecule has 0 spiro atoms. The second kappa shape index (κ2) is 7.19. The van der Waals surface area contributed by atoms with Crippen molar-refractivity contribution in [3.63, 3.8) is 0 Å². The SMILES string of the molecule is COc1cccc(C(CNC(=O)c2cc3ccccc3[nH]2)OC)c1. The number of aromatic nitrogens is 1. The van der Waals surface area contributed by atoms with Gasteiger partial charge in [0.1, 0.15) is 11.4 Å². The van der Waals surface area contributed by atoms with Crippen molar-refractivity contribution < 1.29 is 14.3 Å². The van der Waals surface area contributed by atoms with Crippen molar-refractivity contribution in [2.24, 2.45) is 0 Å². The van der Waals surface area contributed by atoms with E-state index in [4.69, 9.17) is 9.47 Å². The van der Waals surface area contributed by atoms with Crippen molar-refractivity contribution in [2.75, 3.05) is 20.8 Å². The number of methoxy groups -OCH3 is 2. The summed E-state index contributed by atoms with van der Waals surface area (Å²) < 4.78 is 10.7. The summed E-state index contributed by atoms with van der Waals surface area (Å²) in [5.41, 5.74) is 2.43. The molecule has 3 rings (SSSR count). The van der Waals surface area contributed by atoms with E-state index in [-0.39, 0.29) is 12.0 Å². The molecular weight excluding hydrogens is 304 g/mol. The Morgan fingerprint density at radius 2 is 1.96 bits per heavy atom. The second-order valence-electron chi connectivity index (χ2n) is 5.48. The van der Waals surface area contributed by atoms with Crippen molar-refractivity contribution in [1.82, 2.24) is 10.3 Å². The molecule has 0 saturated carbocycles. The third-order valence-corrected chi connectivity index (χ3v) is 3.97. The molecule has 0 aliphatic heterocycles. The summed E-state index contributed by atoms with van der Waals surface area (Å²) in [7, 11) is 3.25. The summed E-state index contributed by atoms with van der Waals surface area (Å²) in [5.74, 6) is 0.604. The molecule has 124 valence electrons. The van der Waals surface area contributed by atoms with Crippen molar-refractivity contribution in [3.05, 3.63) is 65.9 Å². The third kappa shape index (κ3) is 3.41. The van der Waals surface area contributed by atoms with Crippen LogP contribution in [0.1, 0.15) is 22.2 Å². The zero-order chi connectivity index (χ0) is 16.9. The molecule has 2 aromatic carbocycles. The van der Waals surface area contributed by atoms with Gasteiger partial charge in [-0.05, 0) is 29.8 Å². The van der Waals surface area contributed by atoms with Gasteiger partial charge >= 0.3 is 0 Å². The fourth-order valence-corrected chi connectivity index (χ4v) is 2.66. The molecule has 24 heavy (non-hydrogen) atoms. The van der Waals surface area contributed by atoms with Crippen LogP contribution in [0, 0.1) is 0 Å². The molecule has 0 radical (unpaired) electrons. The first-order valence-electron chi connectivity index (χ1n) is 7.74. The zero-order valence-electron chi connectivity index (χ0n) is 13.7. The van der Waals surface area contributed by atoms with Gasteiger partial charge in [-0.25, -0.2) is 0 Å². The van der Waals surface area contributed by atoms with E-state index in [0.717, 1.165) is 22.2 Å². The number of hydrogen-bond donors (Lipinski definition) is 2. The first-order valence-corrected chi connectivity index (χ1v) is 7.74. The predicted octanol–water partition coefficient (Wildman–Crippen LogP) is 3.29. The van der Waals surface area contributed by atoms with E-state index in [0.29, 0.717) is 12.2 Å². The minimum atomic E-state index is -0.242. The lowest BCUT2D eigenvalue weighted by atomic mass is 10.1. The minimum Gasteiger partial charge on any atom is -0.497 e. The molecule has 0 aliphatic rings. The minimum absolute atomic E-state index is 0.156. The lowest BCUT2D eigenvalue weighted by Crippen LogP contribution is -2.29. The van der Waals surface area contributed by atoms with Crippen LogP contribution in [0.4, 0.5) is 0 Å². The highest BCUT2D eigenvalue weighted by atomic mass is 16.5. The molecule has 1 amide bonds. The standard InChI is InChI=1S/C19H20N2O3/c1-23-15-8-5-7-14(10-15)18(24-2)12-20-19(22)17-11-13-6-3-4-9-16(13)21-17/h3-11,18,21H,12H2,1-2H3,(H,20,22). The fraction of sp³-hybridized carbons (Fsp3) is 0.211. The topological polar surface area (TPSA) is 63.3 Å². The quantitative estimate of drug-likeness (QED) is 0.731. The summed E-state index contributed by atoms with van der Waals surface area (Å²) >= 11 is 0. The first kappa shape index (κ1) is 16.1. The van der Waals surface area contributed by atoms with Crippen molar-refractivity contribution in [2.45, 2.75) is 6.10 Å². The van der Waals surface area contributed by atoms with Crippen LogP contribution in [-0.4, -0.2) is 31.7 Å². The fourth-order valence-electron chi connectivity index (χ4n) is 2.66. The van der Waals surface area contributed by atoms with Crippen LogP contribution < -0.4 is 10.1 Å². The number of carbonyl (C=O) groups is 1. The third-order valence-electron chi connectivity index (χ3n) is 3.97. The number of benzene rings is 2. The highest BCUT2D eigenvalue weighted by Crippen LogP contribution is 2.21. The van der Waals surface area contributed by atoms with Gasteiger partial charge < -0.3 is 19.8 Å². The van der Waals surface area contributed by atoms with E-state index >= 15 is 0 Å². The smallest absolute Gasteiger partial charge is 0.267 e. The summed E-state index contributed by atoms with van der Waals surface area (Å²) in [6, 6.07) is 17.3. The Labute approximate surface area is 140 Å². The predicted molar refractivity (Wildman–Crippen MR) is 93.4 cm³/mol. The van der Waals surface area contributed by atoms with Crippen LogP contribution in [0.5, 0.6) is 5.75 Å². The molecule has 2 N–H and O–H groups in total. The Hall–Kier alpha value is -2.79. The number of rotatable bonds is 6. The Bertz CT molecular complexity index is 808. The van der Waals surface area contributed by atoms with Gasteiger partial charge in [-0.2, -0.15) is 0 Å². The van der Waals surface area contributed by atoms with Crippen LogP contribution in [0.3, 0.4) is 0 Å². The lowest BCUT2D eigenvalue weighted by molar-refractivity contribution is 0.0824. The summed E-state index contributed by atoms with van der Waals surface area (Å²) in [6.07, 6.45) is -0.242. The maximum absolute atomic E-state index is 12.4. The van der Waals surface area contributed by atoms with Gasteiger partial charge in [0.15, 0.2) is 0 Å².